The Kier molecular flexibility index (Phi) is 5.16. The van der Waals surface area contributed by atoms with Crippen LogP contribution in [0.3, 0.4) is 0 Å². The van der Waals surface area contributed by atoms with Crippen LogP contribution in [0.5, 0.6) is 5.75 Å². The molecule has 2 aliphatic rings. The van der Waals surface area contributed by atoms with Gasteiger partial charge in [0.05, 0.1) is 0 Å². The number of halogens is 1. The fourth-order valence-electron chi connectivity index (χ4n) is 3.98. The highest BCUT2D eigenvalue weighted by Crippen LogP contribution is 2.30. The molecule has 0 aromatic heterocycles. The van der Waals surface area contributed by atoms with Crippen LogP contribution in [0, 0.1) is 5.82 Å². The van der Waals surface area contributed by atoms with Gasteiger partial charge in [0.15, 0.2) is 11.6 Å². The second kappa shape index (κ2) is 7.30. The maximum atomic E-state index is 13.6. The van der Waals surface area contributed by atoms with E-state index in [-0.39, 0.29) is 11.7 Å². The number of rotatable bonds is 5. The van der Waals surface area contributed by atoms with E-state index in [0.29, 0.717) is 24.4 Å². The summed E-state index contributed by atoms with van der Waals surface area (Å²) in [7, 11) is 0. The number of benzene rings is 1. The van der Waals surface area contributed by atoms with E-state index in [0.717, 1.165) is 45.3 Å². The highest BCUT2D eigenvalue weighted by atomic mass is 19.1. The van der Waals surface area contributed by atoms with Gasteiger partial charge in [0.25, 0.3) is 0 Å². The van der Waals surface area contributed by atoms with Crippen molar-refractivity contribution >= 4 is 5.91 Å². The molecule has 0 saturated carbocycles. The summed E-state index contributed by atoms with van der Waals surface area (Å²) in [5, 5.41) is 0. The van der Waals surface area contributed by atoms with Gasteiger partial charge in [-0.3, -0.25) is 9.69 Å². The number of nitrogens with zero attached hydrogens (tertiary/aromatic N) is 2. The third-order valence-corrected chi connectivity index (χ3v) is 5.03. The summed E-state index contributed by atoms with van der Waals surface area (Å²) in [6.07, 6.45) is 4.48. The van der Waals surface area contributed by atoms with Gasteiger partial charge in [-0.1, -0.05) is 12.1 Å². The van der Waals surface area contributed by atoms with Crippen LogP contribution in [0.4, 0.5) is 4.39 Å². The number of amides is 1. The Morgan fingerprint density at radius 2 is 1.96 bits per heavy atom. The second-order valence-corrected chi connectivity index (χ2v) is 6.45. The molecule has 23 heavy (non-hydrogen) atoms. The fourth-order valence-corrected chi connectivity index (χ4v) is 3.98. The van der Waals surface area contributed by atoms with Crippen LogP contribution in [0.1, 0.15) is 32.6 Å². The van der Waals surface area contributed by atoms with Gasteiger partial charge < -0.3 is 9.64 Å². The minimum atomic E-state index is -0.316. The predicted molar refractivity (Wildman–Crippen MR) is 86.9 cm³/mol. The quantitative estimate of drug-likeness (QED) is 0.836. The average Bonchev–Trinajstić information content (AvgIpc) is 3.17. The van der Waals surface area contributed by atoms with E-state index >= 15 is 0 Å². The molecule has 1 amide bonds. The first-order valence-corrected chi connectivity index (χ1v) is 8.55. The highest BCUT2D eigenvalue weighted by Gasteiger charge is 2.38. The number of hydrogen-bond acceptors (Lipinski definition) is 3. The van der Waals surface area contributed by atoms with E-state index in [2.05, 4.69) is 4.90 Å². The van der Waals surface area contributed by atoms with Crippen molar-refractivity contribution in [1.82, 2.24) is 9.80 Å². The van der Waals surface area contributed by atoms with Gasteiger partial charge in [-0.25, -0.2) is 4.39 Å². The minimum Gasteiger partial charge on any atom is -0.489 e. The van der Waals surface area contributed by atoms with Gasteiger partial charge in [0.2, 0.25) is 5.91 Å². The molecule has 5 heteroatoms. The molecule has 2 saturated heterocycles. The van der Waals surface area contributed by atoms with Crippen LogP contribution in [0.25, 0.3) is 0 Å². The Morgan fingerprint density at radius 3 is 2.74 bits per heavy atom. The zero-order valence-electron chi connectivity index (χ0n) is 13.7. The number of para-hydroxylation sites is 1. The summed E-state index contributed by atoms with van der Waals surface area (Å²) in [6.45, 7) is 4.84. The van der Waals surface area contributed by atoms with E-state index < -0.39 is 0 Å². The first-order chi connectivity index (χ1) is 11.2. The lowest BCUT2D eigenvalue weighted by Crippen LogP contribution is -2.48. The van der Waals surface area contributed by atoms with Gasteiger partial charge >= 0.3 is 0 Å². The number of ether oxygens (including phenoxy) is 1. The Bertz CT molecular complexity index is 552. The monoisotopic (exact) mass is 320 g/mol. The molecule has 4 nitrogen and oxygen atoms in total. The van der Waals surface area contributed by atoms with Crippen molar-refractivity contribution in [3.8, 4) is 5.75 Å². The molecule has 2 atom stereocenters. The Hall–Kier alpha value is -1.62. The molecule has 0 aliphatic carbocycles. The van der Waals surface area contributed by atoms with Crippen LogP contribution in [0.15, 0.2) is 24.3 Å². The van der Waals surface area contributed by atoms with E-state index in [1.165, 1.54) is 6.07 Å². The van der Waals surface area contributed by atoms with Crippen molar-refractivity contribution in [3.63, 3.8) is 0 Å². The molecule has 126 valence electrons. The predicted octanol–water partition coefficient (Wildman–Crippen LogP) is 2.68. The van der Waals surface area contributed by atoms with Crippen LogP contribution in [-0.2, 0) is 4.79 Å². The summed E-state index contributed by atoms with van der Waals surface area (Å²) in [6, 6.07) is 7.27. The molecular formula is C18H25FN2O2. The summed E-state index contributed by atoms with van der Waals surface area (Å²) in [5.74, 6) is 0.181. The van der Waals surface area contributed by atoms with Crippen molar-refractivity contribution in [3.05, 3.63) is 30.1 Å². The molecule has 2 fully saturated rings. The molecule has 1 aromatic carbocycles. The molecule has 0 radical (unpaired) electrons. The number of hydrogen-bond donors (Lipinski definition) is 0. The third-order valence-electron chi connectivity index (χ3n) is 5.03. The van der Waals surface area contributed by atoms with Gasteiger partial charge in [0, 0.05) is 32.1 Å². The largest absolute Gasteiger partial charge is 0.489 e. The van der Waals surface area contributed by atoms with Crippen molar-refractivity contribution in [2.75, 3.05) is 26.2 Å². The van der Waals surface area contributed by atoms with Gasteiger partial charge in [-0.15, -0.1) is 0 Å². The topological polar surface area (TPSA) is 32.8 Å². The summed E-state index contributed by atoms with van der Waals surface area (Å²) < 4.78 is 19.2. The van der Waals surface area contributed by atoms with E-state index in [4.69, 9.17) is 4.74 Å². The molecular weight excluding hydrogens is 295 g/mol. The molecule has 3 rings (SSSR count). The molecule has 0 bridgehead atoms. The van der Waals surface area contributed by atoms with Crippen molar-refractivity contribution < 1.29 is 13.9 Å². The van der Waals surface area contributed by atoms with Crippen LogP contribution >= 0.6 is 0 Å². The lowest BCUT2D eigenvalue weighted by atomic mass is 10.0. The third kappa shape index (κ3) is 3.66. The first kappa shape index (κ1) is 16.2. The number of carbonyl (C=O) groups is 1. The van der Waals surface area contributed by atoms with Gasteiger partial charge in [0.1, 0.15) is 6.61 Å². The van der Waals surface area contributed by atoms with Crippen LogP contribution < -0.4 is 4.74 Å². The van der Waals surface area contributed by atoms with Crippen molar-refractivity contribution in [2.24, 2.45) is 0 Å². The zero-order chi connectivity index (χ0) is 16.2. The highest BCUT2D eigenvalue weighted by molar-refractivity contribution is 5.74. The Labute approximate surface area is 137 Å². The lowest BCUT2D eigenvalue weighted by Gasteiger charge is -2.34. The number of carbonyl (C=O) groups excluding carboxylic acids is 1. The molecule has 0 spiro atoms. The molecule has 0 unspecified atom stereocenters. The average molecular weight is 320 g/mol. The maximum Gasteiger partial charge on any atom is 0.219 e. The fraction of sp³-hybridized carbons (Fsp3) is 0.611. The molecule has 2 aliphatic heterocycles. The van der Waals surface area contributed by atoms with Crippen molar-refractivity contribution in [1.29, 1.82) is 0 Å². The minimum absolute atomic E-state index is 0.182. The van der Waals surface area contributed by atoms with E-state index in [1.54, 1.807) is 25.1 Å². The zero-order valence-corrected chi connectivity index (χ0v) is 13.7. The molecule has 1 aromatic rings. The van der Waals surface area contributed by atoms with Gasteiger partial charge in [-0.2, -0.15) is 0 Å². The van der Waals surface area contributed by atoms with Gasteiger partial charge in [-0.05, 0) is 44.4 Å². The summed E-state index contributed by atoms with van der Waals surface area (Å²) in [5.41, 5.74) is 0. The first-order valence-electron chi connectivity index (χ1n) is 8.55. The Balaban J connectivity index is 1.55. The lowest BCUT2D eigenvalue weighted by molar-refractivity contribution is -0.130. The smallest absolute Gasteiger partial charge is 0.219 e. The summed E-state index contributed by atoms with van der Waals surface area (Å²) in [4.78, 5) is 16.2. The number of likely N-dealkylation sites (tertiary alicyclic amines) is 2. The molecule has 2 heterocycles. The normalized spacial score (nSPS) is 25.0. The van der Waals surface area contributed by atoms with Crippen LogP contribution in [-0.4, -0.2) is 54.0 Å². The SMILES string of the molecule is CC(=O)N1CCC[C@@H]1[C@H]1CCCN1CCOc1ccccc1F. The standard InChI is InChI=1S/C18H25FN2O2/c1-14(22)21-11-5-8-17(21)16-7-4-10-20(16)12-13-23-18-9-3-2-6-15(18)19/h2-3,6,9,16-17H,4-5,7-8,10-13H2,1H3/t16-,17-/m1/s1. The second-order valence-electron chi connectivity index (χ2n) is 6.45. The van der Waals surface area contributed by atoms with Crippen molar-refractivity contribution in [2.45, 2.75) is 44.7 Å². The molecule has 0 N–H and O–H groups in total. The summed E-state index contributed by atoms with van der Waals surface area (Å²) >= 11 is 0. The Morgan fingerprint density at radius 1 is 1.22 bits per heavy atom. The van der Waals surface area contributed by atoms with E-state index in [1.807, 2.05) is 4.90 Å². The van der Waals surface area contributed by atoms with Crippen LogP contribution in [0.2, 0.25) is 0 Å². The maximum absolute atomic E-state index is 13.6. The van der Waals surface area contributed by atoms with E-state index in [9.17, 15) is 9.18 Å².